The van der Waals surface area contributed by atoms with Crippen LogP contribution in [0.2, 0.25) is 0 Å². The molecule has 0 atom stereocenters. The summed E-state index contributed by atoms with van der Waals surface area (Å²) in [5.41, 5.74) is 1.97. The van der Waals surface area contributed by atoms with Gasteiger partial charge in [0.15, 0.2) is 0 Å². The Bertz CT molecular complexity index is 163. The van der Waals surface area contributed by atoms with Crippen molar-refractivity contribution >= 4 is 5.71 Å². The molecule has 0 aromatic heterocycles. The molecular formula is C9H13N. The molecule has 0 aliphatic carbocycles. The Hall–Kier alpha value is -1.11. The molecule has 0 aliphatic rings. The highest BCUT2D eigenvalue weighted by Crippen LogP contribution is 1.93. The van der Waals surface area contributed by atoms with Gasteiger partial charge in [-0.25, -0.2) is 0 Å². The third kappa shape index (κ3) is 3.84. The van der Waals surface area contributed by atoms with Gasteiger partial charge in [0.25, 0.3) is 0 Å². The van der Waals surface area contributed by atoms with Crippen molar-refractivity contribution in [1.82, 2.24) is 0 Å². The molecule has 1 nitrogen and oxygen atoms in total. The van der Waals surface area contributed by atoms with Gasteiger partial charge in [-0.1, -0.05) is 19.2 Å². The molecule has 0 saturated carbocycles. The van der Waals surface area contributed by atoms with Gasteiger partial charge in [0.1, 0.15) is 0 Å². The Morgan fingerprint density at radius 3 is 2.20 bits per heavy atom. The predicted octanol–water partition coefficient (Wildman–Crippen LogP) is 2.72. The first-order valence-corrected chi connectivity index (χ1v) is 3.16. The van der Waals surface area contributed by atoms with Crippen molar-refractivity contribution in [3.63, 3.8) is 0 Å². The number of rotatable bonds is 3. The van der Waals surface area contributed by atoms with E-state index in [-0.39, 0.29) is 0 Å². The lowest BCUT2D eigenvalue weighted by Crippen LogP contribution is -1.79. The smallest absolute Gasteiger partial charge is 0.0366 e. The lowest BCUT2D eigenvalue weighted by molar-refractivity contribution is 1.42. The van der Waals surface area contributed by atoms with Gasteiger partial charge in [-0.2, -0.15) is 0 Å². The number of allylic oxidation sites excluding steroid dienone is 3. The zero-order valence-corrected chi connectivity index (χ0v) is 6.59. The van der Waals surface area contributed by atoms with Crippen LogP contribution in [-0.4, -0.2) is 5.71 Å². The van der Waals surface area contributed by atoms with Crippen LogP contribution in [0.4, 0.5) is 0 Å². The first-order valence-electron chi connectivity index (χ1n) is 3.16. The minimum atomic E-state index is 0.918. The summed E-state index contributed by atoms with van der Waals surface area (Å²) < 4.78 is 0. The minimum absolute atomic E-state index is 0.918. The maximum atomic E-state index is 4.08. The third-order valence-corrected chi connectivity index (χ3v) is 1.09. The molecule has 0 radical (unpaired) electrons. The molecule has 0 spiro atoms. The van der Waals surface area contributed by atoms with Crippen LogP contribution in [-0.2, 0) is 0 Å². The van der Waals surface area contributed by atoms with Crippen molar-refractivity contribution < 1.29 is 0 Å². The number of nitrogens with zero attached hydrogens (tertiary/aromatic N) is 1. The first-order chi connectivity index (χ1) is 4.70. The topological polar surface area (TPSA) is 12.4 Å². The summed E-state index contributed by atoms with van der Waals surface area (Å²) in [5, 5.41) is 0. The van der Waals surface area contributed by atoms with Crippen molar-refractivity contribution in [3.05, 3.63) is 37.1 Å². The lowest BCUT2D eigenvalue weighted by atomic mass is 10.3. The molecule has 0 aromatic carbocycles. The SMILES string of the molecule is C=CC(C)=N/C=C(/C)C=C. The number of aliphatic imine (C=N–C) groups is 1. The van der Waals surface area contributed by atoms with E-state index in [9.17, 15) is 0 Å². The molecule has 0 rings (SSSR count). The van der Waals surface area contributed by atoms with Gasteiger partial charge in [-0.3, -0.25) is 4.99 Å². The summed E-state index contributed by atoms with van der Waals surface area (Å²) in [7, 11) is 0. The Balaban J connectivity index is 4.16. The predicted molar refractivity (Wildman–Crippen MR) is 47.3 cm³/mol. The van der Waals surface area contributed by atoms with E-state index in [4.69, 9.17) is 0 Å². The molecular weight excluding hydrogens is 122 g/mol. The van der Waals surface area contributed by atoms with Gasteiger partial charge in [0, 0.05) is 11.9 Å². The van der Waals surface area contributed by atoms with Crippen molar-refractivity contribution in [2.75, 3.05) is 0 Å². The molecule has 10 heavy (non-hydrogen) atoms. The van der Waals surface area contributed by atoms with E-state index in [0.29, 0.717) is 0 Å². The third-order valence-electron chi connectivity index (χ3n) is 1.09. The highest BCUT2D eigenvalue weighted by molar-refractivity contribution is 5.92. The van der Waals surface area contributed by atoms with Crippen molar-refractivity contribution in [3.8, 4) is 0 Å². The van der Waals surface area contributed by atoms with Crippen molar-refractivity contribution in [2.45, 2.75) is 13.8 Å². The number of hydrogen-bond donors (Lipinski definition) is 0. The first kappa shape index (κ1) is 8.89. The average molecular weight is 135 g/mol. The van der Waals surface area contributed by atoms with Crippen LogP contribution in [0.3, 0.4) is 0 Å². The Labute approximate surface area is 62.5 Å². The molecule has 1 heteroatoms. The van der Waals surface area contributed by atoms with Crippen LogP contribution in [0.1, 0.15) is 13.8 Å². The molecule has 0 heterocycles. The second-order valence-corrected chi connectivity index (χ2v) is 2.05. The summed E-state index contributed by atoms with van der Waals surface area (Å²) in [5.74, 6) is 0. The molecule has 0 saturated heterocycles. The van der Waals surface area contributed by atoms with Gasteiger partial charge in [-0.05, 0) is 25.5 Å². The quantitative estimate of drug-likeness (QED) is 0.417. The molecule has 54 valence electrons. The van der Waals surface area contributed by atoms with Gasteiger partial charge in [0.2, 0.25) is 0 Å². The summed E-state index contributed by atoms with van der Waals surface area (Å²) in [4.78, 5) is 4.08. The normalized spacial score (nSPS) is 13.0. The highest BCUT2D eigenvalue weighted by Gasteiger charge is 1.77. The summed E-state index contributed by atoms with van der Waals surface area (Å²) >= 11 is 0. The van der Waals surface area contributed by atoms with Crippen LogP contribution < -0.4 is 0 Å². The maximum Gasteiger partial charge on any atom is 0.0366 e. The van der Waals surface area contributed by atoms with Crippen LogP contribution in [0.5, 0.6) is 0 Å². The second-order valence-electron chi connectivity index (χ2n) is 2.05. The van der Waals surface area contributed by atoms with E-state index >= 15 is 0 Å². The fourth-order valence-electron chi connectivity index (χ4n) is 0.309. The van der Waals surface area contributed by atoms with E-state index in [1.54, 1.807) is 18.4 Å². The van der Waals surface area contributed by atoms with Crippen molar-refractivity contribution in [2.24, 2.45) is 4.99 Å². The largest absolute Gasteiger partial charge is 0.261 e. The van der Waals surface area contributed by atoms with Crippen LogP contribution in [0.25, 0.3) is 0 Å². The second kappa shape index (κ2) is 4.74. The Kier molecular flexibility index (Phi) is 4.21. The molecule has 0 aliphatic heterocycles. The molecule has 0 aromatic rings. The zero-order valence-electron chi connectivity index (χ0n) is 6.59. The molecule has 0 unspecified atom stereocenters. The van der Waals surface area contributed by atoms with Gasteiger partial charge in [0.05, 0.1) is 0 Å². The van der Waals surface area contributed by atoms with Gasteiger partial charge < -0.3 is 0 Å². The zero-order chi connectivity index (χ0) is 7.98. The fraction of sp³-hybridized carbons (Fsp3) is 0.222. The van der Waals surface area contributed by atoms with E-state index in [2.05, 4.69) is 18.2 Å². The summed E-state index contributed by atoms with van der Waals surface area (Å²) in [6.45, 7) is 11.0. The van der Waals surface area contributed by atoms with Crippen molar-refractivity contribution in [1.29, 1.82) is 0 Å². The molecule has 0 bridgehead atoms. The summed E-state index contributed by atoms with van der Waals surface area (Å²) in [6, 6.07) is 0. The minimum Gasteiger partial charge on any atom is -0.261 e. The van der Waals surface area contributed by atoms with E-state index < -0.39 is 0 Å². The van der Waals surface area contributed by atoms with E-state index in [0.717, 1.165) is 11.3 Å². The fourth-order valence-corrected chi connectivity index (χ4v) is 0.309. The average Bonchev–Trinajstić information content (AvgIpc) is 1.99. The van der Waals surface area contributed by atoms with Crippen LogP contribution in [0.15, 0.2) is 42.1 Å². The van der Waals surface area contributed by atoms with Crippen LogP contribution >= 0.6 is 0 Å². The monoisotopic (exact) mass is 135 g/mol. The highest BCUT2D eigenvalue weighted by atomic mass is 14.7. The molecule has 0 fully saturated rings. The maximum absolute atomic E-state index is 4.08. The number of hydrogen-bond acceptors (Lipinski definition) is 1. The van der Waals surface area contributed by atoms with E-state index in [1.807, 2.05) is 13.8 Å². The Morgan fingerprint density at radius 1 is 1.20 bits per heavy atom. The standard InChI is InChI=1S/C9H13N/c1-5-8(3)7-10-9(4)6-2/h5-7H,1-2H2,3-4H3/b8-7-,10-9?. The Morgan fingerprint density at radius 2 is 1.80 bits per heavy atom. The van der Waals surface area contributed by atoms with E-state index in [1.165, 1.54) is 0 Å². The summed E-state index contributed by atoms with van der Waals surface area (Å²) in [6.07, 6.45) is 5.25. The lowest BCUT2D eigenvalue weighted by Gasteiger charge is -1.87. The molecule has 0 N–H and O–H groups in total. The molecule has 0 amide bonds. The van der Waals surface area contributed by atoms with Gasteiger partial charge >= 0.3 is 0 Å². The van der Waals surface area contributed by atoms with Gasteiger partial charge in [-0.15, -0.1) is 0 Å². The van der Waals surface area contributed by atoms with Crippen LogP contribution in [0, 0.1) is 0 Å².